The second kappa shape index (κ2) is 7.97. The lowest BCUT2D eigenvalue weighted by molar-refractivity contribution is -0.143. The zero-order valence-corrected chi connectivity index (χ0v) is 22.6. The summed E-state index contributed by atoms with van der Waals surface area (Å²) in [6, 6.07) is 5.75. The number of rotatable bonds is 5. The van der Waals surface area contributed by atoms with Crippen molar-refractivity contribution in [1.29, 1.82) is 0 Å². The van der Waals surface area contributed by atoms with Crippen molar-refractivity contribution in [2.75, 3.05) is 13.1 Å². The number of nitrogens with one attached hydrogen (secondary N) is 1. The van der Waals surface area contributed by atoms with Crippen LogP contribution in [0.4, 0.5) is 0 Å². The number of ether oxygens (including phenoxy) is 1. The number of nitrogens with zero attached hydrogens (tertiary/aromatic N) is 3. The Labute approximate surface area is 219 Å². The van der Waals surface area contributed by atoms with Crippen molar-refractivity contribution in [3.63, 3.8) is 0 Å². The molecule has 9 heteroatoms. The van der Waals surface area contributed by atoms with E-state index in [1.165, 1.54) is 16.2 Å². The molecule has 2 amide bonds. The van der Waals surface area contributed by atoms with Crippen molar-refractivity contribution in [2.45, 2.75) is 47.3 Å². The molecule has 1 aromatic carbocycles. The topological polar surface area (TPSA) is 84.4 Å². The minimum absolute atomic E-state index is 0.00941. The molecule has 0 radical (unpaired) electrons. The van der Waals surface area contributed by atoms with Crippen LogP contribution in [-0.2, 0) is 16.1 Å². The molecule has 2 aromatic heterocycles. The van der Waals surface area contributed by atoms with Crippen molar-refractivity contribution in [3.8, 4) is 17.0 Å². The Bertz CT molecular complexity index is 1410. The third kappa shape index (κ3) is 3.56. The Morgan fingerprint density at radius 3 is 2.53 bits per heavy atom. The fraction of sp³-hybridized carbons (Fsp3) is 0.481. The number of fused-ring (bicyclic) bond motifs is 2. The summed E-state index contributed by atoms with van der Waals surface area (Å²) < 4.78 is 7.50. The number of hydrogen-bond donors (Lipinski definition) is 1. The minimum Gasteiger partial charge on any atom is -0.488 e. The van der Waals surface area contributed by atoms with E-state index in [1.807, 2.05) is 39.0 Å². The molecule has 7 nitrogen and oxygen atoms in total. The van der Waals surface area contributed by atoms with Gasteiger partial charge in [0.25, 0.3) is 0 Å². The van der Waals surface area contributed by atoms with E-state index < -0.39 is 0 Å². The first-order valence-corrected chi connectivity index (χ1v) is 13.4. The van der Waals surface area contributed by atoms with E-state index in [0.29, 0.717) is 5.02 Å². The number of aryl methyl sites for hydroxylation is 1. The maximum Gasteiger partial charge on any atom is 0.234 e. The molecule has 1 saturated carbocycles. The monoisotopic (exact) mass is 524 g/mol. The Balaban J connectivity index is 1.37. The molecule has 188 valence electrons. The number of amides is 2. The van der Waals surface area contributed by atoms with Crippen molar-refractivity contribution >= 4 is 45.0 Å². The second-order valence-corrected chi connectivity index (χ2v) is 13.1. The van der Waals surface area contributed by atoms with Gasteiger partial charge in [0.1, 0.15) is 18.2 Å². The number of carbonyl (C=O) groups excluding carboxylic acids is 2. The van der Waals surface area contributed by atoms with Gasteiger partial charge in [-0.2, -0.15) is 0 Å². The number of carbonyl (C=O) groups is 2. The predicted molar refractivity (Wildman–Crippen MR) is 140 cm³/mol. The molecule has 0 bridgehead atoms. The van der Waals surface area contributed by atoms with Gasteiger partial charge in [0, 0.05) is 34.0 Å². The normalized spacial score (nSPS) is 26.1. The van der Waals surface area contributed by atoms with E-state index in [-0.39, 0.29) is 47.1 Å². The number of imide groups is 1. The summed E-state index contributed by atoms with van der Waals surface area (Å²) in [5.41, 5.74) is 3.05. The van der Waals surface area contributed by atoms with Gasteiger partial charge >= 0.3 is 0 Å². The van der Waals surface area contributed by atoms with Crippen LogP contribution in [-0.4, -0.2) is 45.9 Å². The molecule has 0 spiro atoms. The van der Waals surface area contributed by atoms with E-state index in [1.54, 1.807) is 6.33 Å². The molecule has 2 saturated heterocycles. The lowest BCUT2D eigenvalue weighted by atomic mass is 9.90. The number of likely N-dealkylation sites (tertiary alicyclic amines) is 1. The van der Waals surface area contributed by atoms with Gasteiger partial charge in [-0.15, -0.1) is 11.3 Å². The van der Waals surface area contributed by atoms with E-state index in [4.69, 9.17) is 16.3 Å². The maximum absolute atomic E-state index is 12.9. The van der Waals surface area contributed by atoms with E-state index >= 15 is 0 Å². The molecular formula is C27H29ClN4O3S. The lowest BCUT2D eigenvalue weighted by Gasteiger charge is -2.28. The van der Waals surface area contributed by atoms with Gasteiger partial charge in [-0.05, 0) is 36.1 Å². The van der Waals surface area contributed by atoms with Crippen LogP contribution in [0.2, 0.25) is 5.02 Å². The summed E-state index contributed by atoms with van der Waals surface area (Å²) in [7, 11) is 0. The van der Waals surface area contributed by atoms with Crippen LogP contribution in [0.25, 0.3) is 21.5 Å². The molecule has 2 aliphatic heterocycles. The Hall–Kier alpha value is -2.55. The van der Waals surface area contributed by atoms with E-state index in [0.717, 1.165) is 50.8 Å². The summed E-state index contributed by atoms with van der Waals surface area (Å²) in [6.45, 7) is 12.3. The van der Waals surface area contributed by atoms with Crippen molar-refractivity contribution in [1.82, 2.24) is 20.2 Å². The van der Waals surface area contributed by atoms with E-state index in [9.17, 15) is 9.59 Å². The molecule has 3 aliphatic rings. The van der Waals surface area contributed by atoms with Crippen LogP contribution in [0.5, 0.6) is 5.75 Å². The number of piperidine rings is 1. The number of halogens is 1. The van der Waals surface area contributed by atoms with Gasteiger partial charge in [0.15, 0.2) is 0 Å². The molecule has 3 unspecified atom stereocenters. The highest BCUT2D eigenvalue weighted by atomic mass is 35.5. The lowest BCUT2D eigenvalue weighted by Crippen LogP contribution is -2.35. The van der Waals surface area contributed by atoms with Gasteiger partial charge in [-0.25, -0.2) is 9.97 Å². The highest BCUT2D eigenvalue weighted by Crippen LogP contribution is 2.63. The van der Waals surface area contributed by atoms with Crippen LogP contribution in [0, 0.1) is 29.6 Å². The molecule has 1 aliphatic carbocycles. The average molecular weight is 525 g/mol. The van der Waals surface area contributed by atoms with Gasteiger partial charge in [0.2, 0.25) is 11.8 Å². The van der Waals surface area contributed by atoms with Crippen LogP contribution in [0.1, 0.15) is 38.1 Å². The molecular weight excluding hydrogens is 496 g/mol. The third-order valence-electron chi connectivity index (χ3n) is 8.10. The Morgan fingerprint density at radius 2 is 1.86 bits per heavy atom. The largest absolute Gasteiger partial charge is 0.488 e. The first-order valence-electron chi connectivity index (χ1n) is 12.3. The summed E-state index contributed by atoms with van der Waals surface area (Å²) in [5, 5.41) is 4.03. The first kappa shape index (κ1) is 23.8. The fourth-order valence-electron chi connectivity index (χ4n) is 5.81. The summed E-state index contributed by atoms with van der Waals surface area (Å²) in [4.78, 5) is 37.2. The van der Waals surface area contributed by atoms with Crippen molar-refractivity contribution < 1.29 is 14.3 Å². The van der Waals surface area contributed by atoms with Crippen molar-refractivity contribution in [2.24, 2.45) is 22.7 Å². The zero-order chi connectivity index (χ0) is 25.6. The van der Waals surface area contributed by atoms with Gasteiger partial charge in [0.05, 0.1) is 34.3 Å². The fourth-order valence-corrected chi connectivity index (χ4v) is 7.19. The second-order valence-electron chi connectivity index (χ2n) is 11.5. The number of hydrogen-bond acceptors (Lipinski definition) is 7. The standard InChI is InChI=1S/C27H29ClN4O3S/c1-13-6-14(28)7-16(22(13)35-18-9-29-11-26(18,2)3)21-23-17(30-12-31-21)8-15(36-23)10-32-24(33)19-20(25(32)34)27(19,4)5/h6-8,12,18-20,29H,9-11H2,1-5H3. The Kier molecular flexibility index (Phi) is 5.28. The molecule has 4 heterocycles. The third-order valence-corrected chi connectivity index (χ3v) is 9.44. The molecule has 3 fully saturated rings. The van der Waals surface area contributed by atoms with Gasteiger partial charge < -0.3 is 10.1 Å². The smallest absolute Gasteiger partial charge is 0.234 e. The highest BCUT2D eigenvalue weighted by Gasteiger charge is 2.72. The highest BCUT2D eigenvalue weighted by molar-refractivity contribution is 7.19. The summed E-state index contributed by atoms with van der Waals surface area (Å²) >= 11 is 8.00. The molecule has 36 heavy (non-hydrogen) atoms. The average Bonchev–Trinajstić information content (AvgIpc) is 3.11. The van der Waals surface area contributed by atoms with Gasteiger partial charge in [-0.1, -0.05) is 39.3 Å². The van der Waals surface area contributed by atoms with Crippen LogP contribution in [0.3, 0.4) is 0 Å². The SMILES string of the molecule is Cc1cc(Cl)cc(-c2ncnc3cc(CN4C(=O)C5C(C4=O)C5(C)C)sc23)c1OC1CNCC1(C)C. The molecule has 1 N–H and O–H groups in total. The summed E-state index contributed by atoms with van der Waals surface area (Å²) in [6.07, 6.45) is 1.55. The van der Waals surface area contributed by atoms with Crippen molar-refractivity contribution in [3.05, 3.63) is 40.0 Å². The number of aromatic nitrogens is 2. The Morgan fingerprint density at radius 1 is 1.14 bits per heavy atom. The molecule has 6 rings (SSSR count). The van der Waals surface area contributed by atoms with Crippen LogP contribution < -0.4 is 10.1 Å². The van der Waals surface area contributed by atoms with E-state index in [2.05, 4.69) is 29.1 Å². The number of thiophene rings is 1. The van der Waals surface area contributed by atoms with Gasteiger partial charge in [-0.3, -0.25) is 14.5 Å². The molecule has 3 aromatic rings. The maximum atomic E-state index is 12.9. The van der Waals surface area contributed by atoms with Crippen LogP contribution >= 0.6 is 22.9 Å². The minimum atomic E-state index is -0.215. The molecule has 3 atom stereocenters. The van der Waals surface area contributed by atoms with Crippen LogP contribution in [0.15, 0.2) is 24.5 Å². The summed E-state index contributed by atoms with van der Waals surface area (Å²) in [5.74, 6) is 0.278. The quantitative estimate of drug-likeness (QED) is 0.481. The zero-order valence-electron chi connectivity index (χ0n) is 21.0. The number of benzene rings is 1. The first-order chi connectivity index (χ1) is 17.0. The predicted octanol–water partition coefficient (Wildman–Crippen LogP) is 4.84.